The highest BCUT2D eigenvalue weighted by atomic mass is 19.2. The van der Waals surface area contributed by atoms with Crippen LogP contribution < -0.4 is 5.32 Å². The van der Waals surface area contributed by atoms with Crippen LogP contribution in [0.15, 0.2) is 30.6 Å². The van der Waals surface area contributed by atoms with Crippen molar-refractivity contribution in [3.8, 4) is 0 Å². The standard InChI is InChI=1S/C16H21F2N3/c1-3-8-19-14(11-21-10-9-20-15(21)4-2)12-6-5-7-13(17)16(12)18/h5-7,9-10,14,19H,3-4,8,11H2,1-2H3. The van der Waals surface area contributed by atoms with E-state index in [1.807, 2.05) is 24.6 Å². The average Bonchev–Trinajstić information content (AvgIpc) is 2.93. The number of imidazole rings is 1. The van der Waals surface area contributed by atoms with E-state index in [0.29, 0.717) is 12.1 Å². The molecular weight excluding hydrogens is 272 g/mol. The number of benzene rings is 1. The molecule has 0 aliphatic carbocycles. The van der Waals surface area contributed by atoms with Crippen LogP contribution in [0.4, 0.5) is 8.78 Å². The van der Waals surface area contributed by atoms with Crippen LogP contribution in [-0.4, -0.2) is 16.1 Å². The molecule has 0 aliphatic heterocycles. The van der Waals surface area contributed by atoms with Crippen molar-refractivity contribution < 1.29 is 8.78 Å². The molecule has 2 aromatic rings. The zero-order valence-corrected chi connectivity index (χ0v) is 12.4. The van der Waals surface area contributed by atoms with Crippen molar-refractivity contribution >= 4 is 0 Å². The van der Waals surface area contributed by atoms with Gasteiger partial charge in [0, 0.05) is 30.9 Å². The molecule has 0 amide bonds. The molecule has 0 saturated carbocycles. The second kappa shape index (κ2) is 7.31. The molecule has 0 spiro atoms. The number of hydrogen-bond donors (Lipinski definition) is 1. The van der Waals surface area contributed by atoms with Crippen LogP contribution in [-0.2, 0) is 13.0 Å². The Balaban J connectivity index is 2.28. The number of halogens is 2. The first-order valence-corrected chi connectivity index (χ1v) is 7.34. The van der Waals surface area contributed by atoms with Crippen LogP contribution in [0.2, 0.25) is 0 Å². The first-order chi connectivity index (χ1) is 10.2. The van der Waals surface area contributed by atoms with Gasteiger partial charge >= 0.3 is 0 Å². The predicted molar refractivity (Wildman–Crippen MR) is 79.0 cm³/mol. The van der Waals surface area contributed by atoms with Crippen LogP contribution in [0.25, 0.3) is 0 Å². The first-order valence-electron chi connectivity index (χ1n) is 7.34. The summed E-state index contributed by atoms with van der Waals surface area (Å²) < 4.78 is 29.5. The molecule has 0 fully saturated rings. The van der Waals surface area contributed by atoms with Crippen molar-refractivity contribution in [3.05, 3.63) is 53.6 Å². The fourth-order valence-corrected chi connectivity index (χ4v) is 2.40. The third kappa shape index (κ3) is 3.67. The van der Waals surface area contributed by atoms with Gasteiger partial charge in [-0.05, 0) is 19.0 Å². The van der Waals surface area contributed by atoms with Gasteiger partial charge in [-0.25, -0.2) is 13.8 Å². The van der Waals surface area contributed by atoms with E-state index < -0.39 is 11.6 Å². The maximum Gasteiger partial charge on any atom is 0.163 e. The van der Waals surface area contributed by atoms with Gasteiger partial charge < -0.3 is 9.88 Å². The number of nitrogens with zero attached hydrogens (tertiary/aromatic N) is 2. The molecule has 0 aliphatic rings. The third-order valence-corrected chi connectivity index (χ3v) is 3.49. The number of aryl methyl sites for hydroxylation is 1. The van der Waals surface area contributed by atoms with Crippen molar-refractivity contribution in [1.82, 2.24) is 14.9 Å². The number of nitrogens with one attached hydrogen (secondary N) is 1. The fraction of sp³-hybridized carbons (Fsp3) is 0.438. The van der Waals surface area contributed by atoms with Crippen molar-refractivity contribution in [2.45, 2.75) is 39.3 Å². The van der Waals surface area contributed by atoms with Crippen molar-refractivity contribution in [1.29, 1.82) is 0 Å². The van der Waals surface area contributed by atoms with E-state index in [1.165, 1.54) is 0 Å². The Morgan fingerprint density at radius 3 is 2.81 bits per heavy atom. The molecule has 1 atom stereocenters. The first kappa shape index (κ1) is 15.6. The molecule has 21 heavy (non-hydrogen) atoms. The second-order valence-corrected chi connectivity index (χ2v) is 5.00. The lowest BCUT2D eigenvalue weighted by atomic mass is 10.1. The Morgan fingerprint density at radius 1 is 1.29 bits per heavy atom. The summed E-state index contributed by atoms with van der Waals surface area (Å²) >= 11 is 0. The van der Waals surface area contributed by atoms with Crippen LogP contribution in [0.5, 0.6) is 0 Å². The summed E-state index contributed by atoms with van der Waals surface area (Å²) in [6.45, 7) is 5.34. The van der Waals surface area contributed by atoms with E-state index in [-0.39, 0.29) is 6.04 Å². The topological polar surface area (TPSA) is 29.9 Å². The van der Waals surface area contributed by atoms with Gasteiger partial charge in [0.05, 0.1) is 6.04 Å². The van der Waals surface area contributed by atoms with Gasteiger partial charge in [-0.15, -0.1) is 0 Å². The average molecular weight is 293 g/mol. The van der Waals surface area contributed by atoms with Crippen LogP contribution in [0.1, 0.15) is 37.7 Å². The maximum atomic E-state index is 14.1. The molecule has 1 unspecified atom stereocenters. The fourth-order valence-electron chi connectivity index (χ4n) is 2.40. The van der Waals surface area contributed by atoms with E-state index in [2.05, 4.69) is 10.3 Å². The molecule has 0 radical (unpaired) electrons. The summed E-state index contributed by atoms with van der Waals surface area (Å²) in [7, 11) is 0. The zero-order valence-electron chi connectivity index (χ0n) is 12.4. The lowest BCUT2D eigenvalue weighted by molar-refractivity contribution is 0.422. The monoisotopic (exact) mass is 293 g/mol. The molecule has 1 aromatic carbocycles. The molecule has 1 N–H and O–H groups in total. The van der Waals surface area contributed by atoms with E-state index >= 15 is 0 Å². The highest BCUT2D eigenvalue weighted by Crippen LogP contribution is 2.21. The summed E-state index contributed by atoms with van der Waals surface area (Å²) in [5.41, 5.74) is 0.360. The minimum atomic E-state index is -0.808. The van der Waals surface area contributed by atoms with E-state index in [4.69, 9.17) is 0 Å². The van der Waals surface area contributed by atoms with Gasteiger partial charge in [-0.1, -0.05) is 26.0 Å². The van der Waals surface area contributed by atoms with E-state index in [1.54, 1.807) is 18.3 Å². The Kier molecular flexibility index (Phi) is 5.44. The normalized spacial score (nSPS) is 12.6. The van der Waals surface area contributed by atoms with Gasteiger partial charge in [-0.3, -0.25) is 0 Å². The van der Waals surface area contributed by atoms with Crippen LogP contribution >= 0.6 is 0 Å². The second-order valence-electron chi connectivity index (χ2n) is 5.00. The van der Waals surface area contributed by atoms with E-state index in [0.717, 1.165) is 31.3 Å². The molecule has 0 saturated heterocycles. The Morgan fingerprint density at radius 2 is 2.10 bits per heavy atom. The molecular formula is C16H21F2N3. The summed E-state index contributed by atoms with van der Waals surface area (Å²) in [6.07, 6.45) is 5.34. The summed E-state index contributed by atoms with van der Waals surface area (Å²) in [6, 6.07) is 4.04. The predicted octanol–water partition coefficient (Wildman–Crippen LogP) is 3.46. The highest BCUT2D eigenvalue weighted by molar-refractivity contribution is 5.22. The molecule has 0 bridgehead atoms. The molecule has 3 nitrogen and oxygen atoms in total. The molecule has 1 heterocycles. The quantitative estimate of drug-likeness (QED) is 0.847. The lowest BCUT2D eigenvalue weighted by Gasteiger charge is -2.21. The maximum absolute atomic E-state index is 14.1. The van der Waals surface area contributed by atoms with Gasteiger partial charge in [0.1, 0.15) is 5.82 Å². The van der Waals surface area contributed by atoms with Gasteiger partial charge in [0.25, 0.3) is 0 Å². The summed E-state index contributed by atoms with van der Waals surface area (Å²) in [5, 5.41) is 3.29. The summed E-state index contributed by atoms with van der Waals surface area (Å²) in [4.78, 5) is 4.27. The molecule has 114 valence electrons. The molecule has 5 heteroatoms. The van der Waals surface area contributed by atoms with Crippen LogP contribution in [0, 0.1) is 11.6 Å². The number of aromatic nitrogens is 2. The van der Waals surface area contributed by atoms with Crippen LogP contribution in [0.3, 0.4) is 0 Å². The van der Waals surface area contributed by atoms with E-state index in [9.17, 15) is 8.78 Å². The third-order valence-electron chi connectivity index (χ3n) is 3.49. The zero-order chi connectivity index (χ0) is 15.2. The Hall–Kier alpha value is -1.75. The smallest absolute Gasteiger partial charge is 0.163 e. The molecule has 2 rings (SSSR count). The van der Waals surface area contributed by atoms with Gasteiger partial charge in [0.15, 0.2) is 11.6 Å². The minimum absolute atomic E-state index is 0.278. The Labute approximate surface area is 124 Å². The number of hydrogen-bond acceptors (Lipinski definition) is 2. The SMILES string of the molecule is CCCNC(Cn1ccnc1CC)c1cccc(F)c1F. The van der Waals surface area contributed by atoms with Crippen molar-refractivity contribution in [2.75, 3.05) is 6.54 Å². The summed E-state index contributed by atoms with van der Waals surface area (Å²) in [5.74, 6) is -0.642. The van der Waals surface area contributed by atoms with Crippen molar-refractivity contribution in [2.24, 2.45) is 0 Å². The van der Waals surface area contributed by atoms with Gasteiger partial charge in [-0.2, -0.15) is 0 Å². The Bertz CT molecular complexity index is 581. The van der Waals surface area contributed by atoms with Crippen molar-refractivity contribution in [3.63, 3.8) is 0 Å². The number of rotatable bonds is 7. The van der Waals surface area contributed by atoms with Gasteiger partial charge in [0.2, 0.25) is 0 Å². The lowest BCUT2D eigenvalue weighted by Crippen LogP contribution is -2.27. The minimum Gasteiger partial charge on any atom is -0.333 e. The largest absolute Gasteiger partial charge is 0.333 e. The highest BCUT2D eigenvalue weighted by Gasteiger charge is 2.19. The molecule has 1 aromatic heterocycles.